The fourth-order valence-corrected chi connectivity index (χ4v) is 1.89. The van der Waals surface area contributed by atoms with E-state index in [2.05, 4.69) is 4.98 Å². The maximum Gasteiger partial charge on any atom is 0.158 e. The number of hydrogen-bond acceptors (Lipinski definition) is 3. The molecule has 2 aromatic rings. The first-order valence-corrected chi connectivity index (χ1v) is 5.13. The average Bonchev–Trinajstić information content (AvgIpc) is 2.59. The number of aryl methyl sites for hydroxylation is 1. The number of nitrogen functional groups attached to an aromatic ring is 1. The first-order valence-electron chi connectivity index (χ1n) is 4.25. The summed E-state index contributed by atoms with van der Waals surface area (Å²) in [4.78, 5) is 4.03. The molecule has 0 saturated heterocycles. The number of thiazole rings is 1. The van der Waals surface area contributed by atoms with E-state index in [1.807, 2.05) is 0 Å². The third kappa shape index (κ3) is 1.70. The number of benzene rings is 1. The Bertz CT molecular complexity index is 508. The second-order valence-corrected chi connectivity index (χ2v) is 4.14. The lowest BCUT2D eigenvalue weighted by Crippen LogP contribution is -1.96. The molecule has 0 unspecified atom stereocenters. The molecule has 0 aliphatic rings. The van der Waals surface area contributed by atoms with Gasteiger partial charge in [-0.3, -0.25) is 0 Å². The summed E-state index contributed by atoms with van der Waals surface area (Å²) < 4.78 is 27.0. The van der Waals surface area contributed by atoms with E-state index in [0.717, 1.165) is 11.1 Å². The highest BCUT2D eigenvalue weighted by Gasteiger charge is 2.16. The number of rotatable bonds is 1. The number of halogens is 2. The van der Waals surface area contributed by atoms with Crippen LogP contribution in [0, 0.1) is 18.6 Å². The van der Waals surface area contributed by atoms with E-state index < -0.39 is 11.6 Å². The summed E-state index contributed by atoms with van der Waals surface area (Å²) in [6.45, 7) is 1.77. The zero-order chi connectivity index (χ0) is 11.0. The zero-order valence-corrected chi connectivity index (χ0v) is 8.74. The molecule has 1 aromatic heterocycles. The Labute approximate surface area is 89.4 Å². The van der Waals surface area contributed by atoms with Gasteiger partial charge in [0.15, 0.2) is 5.82 Å². The topological polar surface area (TPSA) is 38.9 Å². The Morgan fingerprint density at radius 3 is 2.67 bits per heavy atom. The lowest BCUT2D eigenvalue weighted by molar-refractivity contribution is 0.592. The van der Waals surface area contributed by atoms with Gasteiger partial charge in [0.2, 0.25) is 0 Å². The van der Waals surface area contributed by atoms with Crippen molar-refractivity contribution in [2.24, 2.45) is 0 Å². The van der Waals surface area contributed by atoms with Crippen LogP contribution in [0.1, 0.15) is 5.01 Å². The minimum Gasteiger partial charge on any atom is -0.396 e. The summed E-state index contributed by atoms with van der Waals surface area (Å²) in [6, 6.07) is 2.34. The maximum atomic E-state index is 13.6. The smallest absolute Gasteiger partial charge is 0.158 e. The second kappa shape index (κ2) is 3.58. The van der Waals surface area contributed by atoms with Gasteiger partial charge in [-0.1, -0.05) is 0 Å². The van der Waals surface area contributed by atoms with E-state index in [-0.39, 0.29) is 11.3 Å². The van der Waals surface area contributed by atoms with Crippen molar-refractivity contribution in [1.82, 2.24) is 4.98 Å². The van der Waals surface area contributed by atoms with Gasteiger partial charge in [0.05, 0.1) is 22.0 Å². The van der Waals surface area contributed by atoms with Crippen molar-refractivity contribution < 1.29 is 8.78 Å². The number of anilines is 1. The third-order valence-corrected chi connectivity index (χ3v) is 2.77. The van der Waals surface area contributed by atoms with Crippen molar-refractivity contribution in [1.29, 1.82) is 0 Å². The molecule has 0 fully saturated rings. The summed E-state index contributed by atoms with van der Waals surface area (Å²) in [5, 5.41) is 2.36. The van der Waals surface area contributed by atoms with Gasteiger partial charge in [-0.15, -0.1) is 11.3 Å². The molecular formula is C10H8F2N2S. The van der Waals surface area contributed by atoms with E-state index in [9.17, 15) is 8.78 Å². The van der Waals surface area contributed by atoms with Crippen LogP contribution >= 0.6 is 11.3 Å². The monoisotopic (exact) mass is 226 g/mol. The predicted octanol–water partition coefficient (Wildman–Crippen LogP) is 2.98. The van der Waals surface area contributed by atoms with Crippen molar-refractivity contribution >= 4 is 17.0 Å². The molecule has 0 spiro atoms. The van der Waals surface area contributed by atoms with Crippen LogP contribution in [-0.4, -0.2) is 4.98 Å². The summed E-state index contributed by atoms with van der Waals surface area (Å²) in [7, 11) is 0. The van der Waals surface area contributed by atoms with Gasteiger partial charge in [0.1, 0.15) is 5.82 Å². The second-order valence-electron chi connectivity index (χ2n) is 3.08. The molecule has 1 aromatic carbocycles. The van der Waals surface area contributed by atoms with Crippen molar-refractivity contribution in [2.75, 3.05) is 5.73 Å². The summed E-state index contributed by atoms with van der Waals surface area (Å²) in [5.41, 5.74) is 5.43. The Kier molecular flexibility index (Phi) is 2.40. The highest BCUT2D eigenvalue weighted by Crippen LogP contribution is 2.29. The van der Waals surface area contributed by atoms with Gasteiger partial charge in [-0.2, -0.15) is 0 Å². The molecule has 0 aliphatic heterocycles. The fraction of sp³-hybridized carbons (Fsp3) is 0.100. The van der Waals surface area contributed by atoms with Crippen LogP contribution in [0.15, 0.2) is 17.5 Å². The van der Waals surface area contributed by atoms with E-state index in [1.54, 1.807) is 12.3 Å². The van der Waals surface area contributed by atoms with E-state index >= 15 is 0 Å². The number of aromatic nitrogens is 1. The first-order chi connectivity index (χ1) is 7.09. The van der Waals surface area contributed by atoms with Gasteiger partial charge in [-0.25, -0.2) is 13.8 Å². The Morgan fingerprint density at radius 1 is 1.33 bits per heavy atom. The average molecular weight is 226 g/mol. The Hall–Kier alpha value is -1.49. The van der Waals surface area contributed by atoms with Crippen molar-refractivity contribution in [3.63, 3.8) is 0 Å². The van der Waals surface area contributed by atoms with Gasteiger partial charge in [0.25, 0.3) is 0 Å². The van der Waals surface area contributed by atoms with Crippen LogP contribution in [-0.2, 0) is 0 Å². The quantitative estimate of drug-likeness (QED) is 0.759. The SMILES string of the molecule is Cc1nc(-c2c(F)ccc(N)c2F)cs1. The Morgan fingerprint density at radius 2 is 2.07 bits per heavy atom. The van der Waals surface area contributed by atoms with Gasteiger partial charge in [-0.05, 0) is 19.1 Å². The summed E-state index contributed by atoms with van der Waals surface area (Å²) in [6.07, 6.45) is 0. The molecule has 2 nitrogen and oxygen atoms in total. The lowest BCUT2D eigenvalue weighted by atomic mass is 10.1. The minimum absolute atomic E-state index is 0.0722. The van der Waals surface area contributed by atoms with Crippen LogP contribution < -0.4 is 5.73 Å². The van der Waals surface area contributed by atoms with Gasteiger partial charge < -0.3 is 5.73 Å². The lowest BCUT2D eigenvalue weighted by Gasteiger charge is -2.03. The van der Waals surface area contributed by atoms with Crippen LogP contribution in [0.25, 0.3) is 11.3 Å². The van der Waals surface area contributed by atoms with Crippen LogP contribution in [0.2, 0.25) is 0 Å². The molecule has 0 amide bonds. The number of nitrogens with zero attached hydrogens (tertiary/aromatic N) is 1. The molecule has 0 radical (unpaired) electrons. The first kappa shape index (κ1) is 10.0. The van der Waals surface area contributed by atoms with Crippen molar-refractivity contribution in [3.8, 4) is 11.3 Å². The van der Waals surface area contributed by atoms with Crippen LogP contribution in [0.4, 0.5) is 14.5 Å². The molecule has 78 valence electrons. The van der Waals surface area contributed by atoms with Crippen LogP contribution in [0.5, 0.6) is 0 Å². The molecule has 0 aliphatic carbocycles. The van der Waals surface area contributed by atoms with E-state index in [4.69, 9.17) is 5.73 Å². The van der Waals surface area contributed by atoms with Crippen molar-refractivity contribution in [3.05, 3.63) is 34.2 Å². The molecule has 15 heavy (non-hydrogen) atoms. The number of nitrogens with two attached hydrogens (primary N) is 1. The Balaban J connectivity index is 2.66. The highest BCUT2D eigenvalue weighted by molar-refractivity contribution is 7.09. The normalized spacial score (nSPS) is 10.6. The highest BCUT2D eigenvalue weighted by atomic mass is 32.1. The number of hydrogen-bond donors (Lipinski definition) is 1. The largest absolute Gasteiger partial charge is 0.396 e. The maximum absolute atomic E-state index is 13.6. The molecule has 1 heterocycles. The van der Waals surface area contributed by atoms with Crippen LogP contribution in [0.3, 0.4) is 0 Å². The molecule has 2 rings (SSSR count). The van der Waals surface area contributed by atoms with Crippen molar-refractivity contribution in [2.45, 2.75) is 6.92 Å². The predicted molar refractivity (Wildman–Crippen MR) is 56.6 cm³/mol. The fourth-order valence-electron chi connectivity index (χ4n) is 1.28. The summed E-state index contributed by atoms with van der Waals surface area (Å²) >= 11 is 1.34. The standard InChI is InChI=1S/C10H8F2N2S/c1-5-14-8(4-15-5)9-6(11)2-3-7(13)10(9)12/h2-4H,13H2,1H3. The molecule has 0 saturated carbocycles. The molecular weight excluding hydrogens is 218 g/mol. The molecule has 2 N–H and O–H groups in total. The van der Waals surface area contributed by atoms with E-state index in [0.29, 0.717) is 5.69 Å². The zero-order valence-electron chi connectivity index (χ0n) is 7.92. The third-order valence-electron chi connectivity index (χ3n) is 2.00. The van der Waals surface area contributed by atoms with Gasteiger partial charge >= 0.3 is 0 Å². The summed E-state index contributed by atoms with van der Waals surface area (Å²) in [5.74, 6) is -1.40. The molecule has 5 heteroatoms. The van der Waals surface area contributed by atoms with Gasteiger partial charge in [0, 0.05) is 5.38 Å². The van der Waals surface area contributed by atoms with E-state index in [1.165, 1.54) is 17.4 Å². The molecule has 0 bridgehead atoms. The molecule has 0 atom stereocenters. The minimum atomic E-state index is -0.750.